The topological polar surface area (TPSA) is 60.7 Å². The van der Waals surface area contributed by atoms with E-state index < -0.39 is 17.8 Å². The predicted octanol–water partition coefficient (Wildman–Crippen LogP) is 4.76. The molecule has 0 bridgehead atoms. The molecule has 0 aromatic rings. The zero-order valence-electron chi connectivity index (χ0n) is 18.7. The van der Waals surface area contributed by atoms with Crippen molar-refractivity contribution in [2.45, 2.75) is 103 Å². The SMILES string of the molecule is C[C@@H](CC#CC(C)(C)O)[C@H]1CC[C@@H]2/C(=C/C=C3C[C@@H](O)C[C@H](O)C3)CCC[C@@]21C. The highest BCUT2D eigenvalue weighted by Crippen LogP contribution is 2.59. The molecule has 0 spiro atoms. The molecule has 29 heavy (non-hydrogen) atoms. The highest BCUT2D eigenvalue weighted by atomic mass is 16.3. The molecule has 0 heterocycles. The van der Waals surface area contributed by atoms with E-state index in [2.05, 4.69) is 37.8 Å². The van der Waals surface area contributed by atoms with Crippen LogP contribution in [0.3, 0.4) is 0 Å². The van der Waals surface area contributed by atoms with Gasteiger partial charge < -0.3 is 15.3 Å². The van der Waals surface area contributed by atoms with Gasteiger partial charge in [0.25, 0.3) is 0 Å². The number of hydrogen-bond donors (Lipinski definition) is 3. The van der Waals surface area contributed by atoms with Crippen molar-refractivity contribution in [2.24, 2.45) is 23.2 Å². The van der Waals surface area contributed by atoms with E-state index in [9.17, 15) is 15.3 Å². The summed E-state index contributed by atoms with van der Waals surface area (Å²) >= 11 is 0. The molecule has 0 amide bonds. The molecule has 0 aromatic heterocycles. The molecule has 3 saturated carbocycles. The van der Waals surface area contributed by atoms with E-state index >= 15 is 0 Å². The van der Waals surface area contributed by atoms with Crippen LogP contribution in [0, 0.1) is 35.0 Å². The van der Waals surface area contributed by atoms with Crippen LogP contribution in [0.1, 0.15) is 85.5 Å². The number of allylic oxidation sites excluding steroid dienone is 3. The minimum absolute atomic E-state index is 0.337. The summed E-state index contributed by atoms with van der Waals surface area (Å²) in [5.74, 6) is 8.07. The third kappa shape index (κ3) is 5.54. The van der Waals surface area contributed by atoms with Gasteiger partial charge in [-0.05, 0) is 88.4 Å². The van der Waals surface area contributed by atoms with E-state index in [1.807, 2.05) is 0 Å². The molecule has 6 atom stereocenters. The van der Waals surface area contributed by atoms with Gasteiger partial charge in [0.05, 0.1) is 12.2 Å². The average Bonchev–Trinajstić information content (AvgIpc) is 2.95. The Balaban J connectivity index is 1.71. The number of rotatable bonds is 3. The molecule has 3 N–H and O–H groups in total. The molecule has 3 aliphatic rings. The van der Waals surface area contributed by atoms with Gasteiger partial charge in [-0.25, -0.2) is 0 Å². The van der Waals surface area contributed by atoms with Crippen molar-refractivity contribution >= 4 is 0 Å². The van der Waals surface area contributed by atoms with Gasteiger partial charge >= 0.3 is 0 Å². The lowest BCUT2D eigenvalue weighted by atomic mass is 9.61. The second kappa shape index (κ2) is 8.96. The number of aliphatic hydroxyl groups excluding tert-OH is 2. The van der Waals surface area contributed by atoms with Gasteiger partial charge in [-0.2, -0.15) is 0 Å². The summed E-state index contributed by atoms with van der Waals surface area (Å²) in [5.41, 5.74) is 2.18. The van der Waals surface area contributed by atoms with Crippen LogP contribution in [-0.4, -0.2) is 33.1 Å². The van der Waals surface area contributed by atoms with Crippen molar-refractivity contribution in [3.8, 4) is 11.8 Å². The predicted molar refractivity (Wildman–Crippen MR) is 118 cm³/mol. The maximum Gasteiger partial charge on any atom is 0.119 e. The van der Waals surface area contributed by atoms with Crippen molar-refractivity contribution in [3.63, 3.8) is 0 Å². The largest absolute Gasteiger partial charge is 0.393 e. The molecular formula is C26H40O3. The van der Waals surface area contributed by atoms with Gasteiger partial charge in [0.2, 0.25) is 0 Å². The fourth-order valence-corrected chi connectivity index (χ4v) is 6.32. The van der Waals surface area contributed by atoms with Gasteiger partial charge in [0.1, 0.15) is 5.60 Å². The van der Waals surface area contributed by atoms with Crippen LogP contribution in [0.5, 0.6) is 0 Å². The Labute approximate surface area is 177 Å². The van der Waals surface area contributed by atoms with Crippen LogP contribution in [0.15, 0.2) is 23.3 Å². The first kappa shape index (κ1) is 22.6. The normalized spacial score (nSPS) is 37.6. The summed E-state index contributed by atoms with van der Waals surface area (Å²) in [7, 11) is 0. The Bertz CT molecular complexity index is 690. The second-order valence-corrected chi connectivity index (χ2v) is 10.7. The smallest absolute Gasteiger partial charge is 0.119 e. The molecule has 3 heteroatoms. The number of fused-ring (bicyclic) bond motifs is 1. The van der Waals surface area contributed by atoms with Crippen molar-refractivity contribution < 1.29 is 15.3 Å². The van der Waals surface area contributed by atoms with E-state index in [4.69, 9.17) is 0 Å². The summed E-state index contributed by atoms with van der Waals surface area (Å²) in [5, 5.41) is 29.7. The van der Waals surface area contributed by atoms with E-state index in [1.165, 1.54) is 37.7 Å². The third-order valence-electron chi connectivity index (χ3n) is 7.62. The molecule has 3 fully saturated rings. The van der Waals surface area contributed by atoms with Crippen molar-refractivity contribution in [1.29, 1.82) is 0 Å². The van der Waals surface area contributed by atoms with Gasteiger partial charge in [-0.15, -0.1) is 5.92 Å². The average molecular weight is 401 g/mol. The van der Waals surface area contributed by atoms with Gasteiger partial charge in [0, 0.05) is 6.42 Å². The first-order valence-electron chi connectivity index (χ1n) is 11.6. The van der Waals surface area contributed by atoms with Crippen LogP contribution in [0.25, 0.3) is 0 Å². The lowest BCUT2D eigenvalue weighted by Gasteiger charge is -2.44. The Morgan fingerprint density at radius 1 is 1.17 bits per heavy atom. The first-order valence-corrected chi connectivity index (χ1v) is 11.6. The Morgan fingerprint density at radius 3 is 2.52 bits per heavy atom. The fourth-order valence-electron chi connectivity index (χ4n) is 6.32. The minimum Gasteiger partial charge on any atom is -0.393 e. The highest BCUT2D eigenvalue weighted by Gasteiger charge is 2.50. The molecule has 162 valence electrons. The summed E-state index contributed by atoms with van der Waals surface area (Å²) < 4.78 is 0. The molecule has 0 unspecified atom stereocenters. The van der Waals surface area contributed by atoms with E-state index in [-0.39, 0.29) is 0 Å². The van der Waals surface area contributed by atoms with Crippen LogP contribution in [0.4, 0.5) is 0 Å². The van der Waals surface area contributed by atoms with Crippen molar-refractivity contribution in [2.75, 3.05) is 0 Å². The first-order chi connectivity index (χ1) is 13.6. The van der Waals surface area contributed by atoms with Crippen LogP contribution >= 0.6 is 0 Å². The van der Waals surface area contributed by atoms with E-state index in [0.29, 0.717) is 42.4 Å². The van der Waals surface area contributed by atoms with Crippen LogP contribution in [-0.2, 0) is 0 Å². The standard InChI is InChI=1S/C26H40O3/c1-18(7-5-13-25(2,3)29)23-11-12-24-20(8-6-14-26(23,24)4)10-9-19-15-21(27)17-22(28)16-19/h9-10,18,21-24,27-29H,6-8,11-12,14-17H2,1-4H3/b20-10+/t18-,21+,22+,23+,24+,26+/m0/s1. The molecule has 0 saturated heterocycles. The summed E-state index contributed by atoms with van der Waals surface area (Å²) in [4.78, 5) is 0. The Morgan fingerprint density at radius 2 is 1.86 bits per heavy atom. The molecule has 3 nitrogen and oxygen atoms in total. The molecule has 3 aliphatic carbocycles. The molecular weight excluding hydrogens is 360 g/mol. The monoisotopic (exact) mass is 400 g/mol. The minimum atomic E-state index is -0.906. The summed E-state index contributed by atoms with van der Waals surface area (Å²) in [6.45, 7) is 8.31. The summed E-state index contributed by atoms with van der Waals surface area (Å²) in [6, 6.07) is 0. The lowest BCUT2D eigenvalue weighted by molar-refractivity contribution is 0.0609. The number of aliphatic hydroxyl groups is 3. The maximum absolute atomic E-state index is 9.95. The highest BCUT2D eigenvalue weighted by molar-refractivity contribution is 5.26. The van der Waals surface area contributed by atoms with Crippen LogP contribution in [0.2, 0.25) is 0 Å². The van der Waals surface area contributed by atoms with Gasteiger partial charge in [-0.3, -0.25) is 0 Å². The Kier molecular flexibility index (Phi) is 6.99. The zero-order chi connectivity index (χ0) is 21.2. The summed E-state index contributed by atoms with van der Waals surface area (Å²) in [6.07, 6.45) is 12.7. The quantitative estimate of drug-likeness (QED) is 0.599. The molecule has 3 rings (SSSR count). The van der Waals surface area contributed by atoms with Gasteiger partial charge in [0.15, 0.2) is 0 Å². The fraction of sp³-hybridized carbons (Fsp3) is 0.769. The molecule has 0 aliphatic heterocycles. The Hall–Kier alpha value is -1.08. The zero-order valence-corrected chi connectivity index (χ0v) is 18.7. The number of hydrogen-bond acceptors (Lipinski definition) is 3. The van der Waals surface area contributed by atoms with Crippen molar-refractivity contribution in [3.05, 3.63) is 23.3 Å². The molecule has 0 aromatic carbocycles. The van der Waals surface area contributed by atoms with E-state index in [1.54, 1.807) is 19.4 Å². The van der Waals surface area contributed by atoms with Gasteiger partial charge in [-0.1, -0.05) is 43.1 Å². The van der Waals surface area contributed by atoms with E-state index in [0.717, 1.165) is 6.42 Å². The van der Waals surface area contributed by atoms with Crippen LogP contribution < -0.4 is 0 Å². The second-order valence-electron chi connectivity index (χ2n) is 10.7. The molecule has 0 radical (unpaired) electrons. The van der Waals surface area contributed by atoms with Crippen molar-refractivity contribution in [1.82, 2.24) is 0 Å². The third-order valence-corrected chi connectivity index (χ3v) is 7.62. The maximum atomic E-state index is 9.95. The lowest BCUT2D eigenvalue weighted by Crippen LogP contribution is -2.36.